The van der Waals surface area contributed by atoms with Gasteiger partial charge in [0.05, 0.1) is 6.26 Å². The molecule has 1 heterocycles. The first-order chi connectivity index (χ1) is 11.8. The summed E-state index contributed by atoms with van der Waals surface area (Å²) in [6, 6.07) is 7.29. The van der Waals surface area contributed by atoms with Crippen LogP contribution in [-0.4, -0.2) is 68.4 Å². The maximum Gasteiger partial charge on any atom is 0.251 e. The van der Waals surface area contributed by atoms with Crippen molar-refractivity contribution in [2.75, 3.05) is 39.0 Å². The van der Waals surface area contributed by atoms with Gasteiger partial charge < -0.3 is 10.2 Å². The van der Waals surface area contributed by atoms with Crippen molar-refractivity contribution in [2.24, 2.45) is 0 Å². The van der Waals surface area contributed by atoms with Crippen LogP contribution < -0.4 is 5.32 Å². The Balaban J connectivity index is 1.80. The van der Waals surface area contributed by atoms with E-state index in [1.807, 2.05) is 19.1 Å². The molecular formula is C17H25N3O4S. The third-order valence-electron chi connectivity index (χ3n) is 4.29. The summed E-state index contributed by atoms with van der Waals surface area (Å²) in [5.41, 5.74) is 1.49. The quantitative estimate of drug-likeness (QED) is 0.826. The van der Waals surface area contributed by atoms with Crippen LogP contribution in [0.4, 0.5) is 0 Å². The van der Waals surface area contributed by atoms with Crippen molar-refractivity contribution in [1.29, 1.82) is 0 Å². The first kappa shape index (κ1) is 19.4. The molecule has 0 bridgehead atoms. The molecule has 1 aliphatic heterocycles. The van der Waals surface area contributed by atoms with Gasteiger partial charge in [-0.15, -0.1) is 0 Å². The molecule has 1 aromatic carbocycles. The highest BCUT2D eigenvalue weighted by Gasteiger charge is 2.23. The minimum absolute atomic E-state index is 0.0690. The van der Waals surface area contributed by atoms with E-state index in [1.165, 1.54) is 10.6 Å². The number of rotatable bonds is 5. The fourth-order valence-corrected chi connectivity index (χ4v) is 3.71. The molecule has 7 nitrogen and oxygen atoms in total. The molecule has 1 aliphatic rings. The topological polar surface area (TPSA) is 86.8 Å². The molecule has 0 aliphatic carbocycles. The van der Waals surface area contributed by atoms with E-state index in [0.29, 0.717) is 38.2 Å². The predicted molar refractivity (Wildman–Crippen MR) is 95.7 cm³/mol. The standard InChI is InChI=1S/C17H25N3O4S/c1-14-6-3-4-7-15(14)17(22)18-9-8-16(21)19-10-5-11-20(13-12-19)25(2,23)24/h3-4,6-7H,5,8-13H2,1-2H3,(H,18,22). The van der Waals surface area contributed by atoms with Gasteiger partial charge in [-0.3, -0.25) is 9.59 Å². The number of hydrogen-bond donors (Lipinski definition) is 1. The number of hydrogen-bond acceptors (Lipinski definition) is 4. The molecule has 0 spiro atoms. The zero-order chi connectivity index (χ0) is 18.4. The van der Waals surface area contributed by atoms with Crippen LogP contribution >= 0.6 is 0 Å². The van der Waals surface area contributed by atoms with Crippen LogP contribution in [0.2, 0.25) is 0 Å². The smallest absolute Gasteiger partial charge is 0.251 e. The zero-order valence-corrected chi connectivity index (χ0v) is 15.5. The van der Waals surface area contributed by atoms with Crippen molar-refractivity contribution in [3.8, 4) is 0 Å². The first-order valence-electron chi connectivity index (χ1n) is 8.36. The normalized spacial score (nSPS) is 16.3. The number of aryl methyl sites for hydroxylation is 1. The summed E-state index contributed by atoms with van der Waals surface area (Å²) in [7, 11) is -3.22. The van der Waals surface area contributed by atoms with Crippen molar-refractivity contribution >= 4 is 21.8 Å². The third-order valence-corrected chi connectivity index (χ3v) is 5.59. The highest BCUT2D eigenvalue weighted by atomic mass is 32.2. The molecule has 0 aromatic heterocycles. The molecule has 25 heavy (non-hydrogen) atoms. The highest BCUT2D eigenvalue weighted by molar-refractivity contribution is 7.88. The van der Waals surface area contributed by atoms with Gasteiger partial charge in [0.2, 0.25) is 15.9 Å². The summed E-state index contributed by atoms with van der Waals surface area (Å²) < 4.78 is 24.6. The van der Waals surface area contributed by atoms with Gasteiger partial charge in [-0.25, -0.2) is 12.7 Å². The molecule has 1 aromatic rings. The van der Waals surface area contributed by atoms with E-state index in [-0.39, 0.29) is 24.8 Å². The number of nitrogens with one attached hydrogen (secondary N) is 1. The van der Waals surface area contributed by atoms with E-state index in [0.717, 1.165) is 5.56 Å². The number of carbonyl (C=O) groups excluding carboxylic acids is 2. The van der Waals surface area contributed by atoms with Crippen LogP contribution in [0.5, 0.6) is 0 Å². The van der Waals surface area contributed by atoms with Crippen LogP contribution in [-0.2, 0) is 14.8 Å². The molecule has 138 valence electrons. The molecule has 0 saturated carbocycles. The summed E-state index contributed by atoms with van der Waals surface area (Å²) in [4.78, 5) is 26.1. The lowest BCUT2D eigenvalue weighted by atomic mass is 10.1. The summed E-state index contributed by atoms with van der Waals surface area (Å²) in [6.45, 7) is 3.81. The van der Waals surface area contributed by atoms with Crippen LogP contribution in [0.25, 0.3) is 0 Å². The molecule has 1 fully saturated rings. The van der Waals surface area contributed by atoms with Crippen LogP contribution in [0.1, 0.15) is 28.8 Å². The average Bonchev–Trinajstić information content (AvgIpc) is 2.81. The van der Waals surface area contributed by atoms with Gasteiger partial charge in [0.25, 0.3) is 5.91 Å². The second kappa shape index (κ2) is 8.44. The minimum atomic E-state index is -3.22. The number of benzene rings is 1. The van der Waals surface area contributed by atoms with Crippen LogP contribution in [0, 0.1) is 6.92 Å². The minimum Gasteiger partial charge on any atom is -0.352 e. The van der Waals surface area contributed by atoms with Crippen molar-refractivity contribution < 1.29 is 18.0 Å². The van der Waals surface area contributed by atoms with Crippen molar-refractivity contribution in [1.82, 2.24) is 14.5 Å². The van der Waals surface area contributed by atoms with Gasteiger partial charge in [-0.2, -0.15) is 0 Å². The number of carbonyl (C=O) groups is 2. The molecule has 0 radical (unpaired) electrons. The van der Waals surface area contributed by atoms with E-state index < -0.39 is 10.0 Å². The molecule has 0 atom stereocenters. The Labute approximate surface area is 149 Å². The maximum atomic E-state index is 12.3. The fourth-order valence-electron chi connectivity index (χ4n) is 2.84. The Morgan fingerprint density at radius 3 is 2.52 bits per heavy atom. The SMILES string of the molecule is Cc1ccccc1C(=O)NCCC(=O)N1CCCN(S(C)(=O)=O)CC1. The first-order valence-corrected chi connectivity index (χ1v) is 10.2. The lowest BCUT2D eigenvalue weighted by molar-refractivity contribution is -0.130. The average molecular weight is 367 g/mol. The molecule has 1 N–H and O–H groups in total. The van der Waals surface area contributed by atoms with Gasteiger partial charge in [-0.1, -0.05) is 18.2 Å². The highest BCUT2D eigenvalue weighted by Crippen LogP contribution is 2.09. The summed E-state index contributed by atoms with van der Waals surface area (Å²) >= 11 is 0. The lowest BCUT2D eigenvalue weighted by Crippen LogP contribution is -2.38. The second-order valence-corrected chi connectivity index (χ2v) is 8.20. The third kappa shape index (κ3) is 5.54. The van der Waals surface area contributed by atoms with Gasteiger partial charge in [-0.05, 0) is 25.0 Å². The molecule has 0 unspecified atom stereocenters. The second-order valence-electron chi connectivity index (χ2n) is 6.22. The zero-order valence-electron chi connectivity index (χ0n) is 14.7. The van der Waals surface area contributed by atoms with E-state index in [4.69, 9.17) is 0 Å². The monoisotopic (exact) mass is 367 g/mol. The van der Waals surface area contributed by atoms with E-state index in [9.17, 15) is 18.0 Å². The number of nitrogens with zero attached hydrogens (tertiary/aromatic N) is 2. The predicted octanol–water partition coefficient (Wildman–Crippen LogP) is 0.609. The van der Waals surface area contributed by atoms with Gasteiger partial charge in [0.15, 0.2) is 0 Å². The molecule has 2 amide bonds. The Hall–Kier alpha value is -1.93. The molecule has 2 rings (SSSR count). The van der Waals surface area contributed by atoms with Crippen LogP contribution in [0.3, 0.4) is 0 Å². The molecule has 1 saturated heterocycles. The van der Waals surface area contributed by atoms with Gasteiger partial charge in [0.1, 0.15) is 0 Å². The van der Waals surface area contributed by atoms with Crippen LogP contribution in [0.15, 0.2) is 24.3 Å². The summed E-state index contributed by atoms with van der Waals surface area (Å²) in [5, 5.41) is 2.77. The van der Waals surface area contributed by atoms with Crippen molar-refractivity contribution in [2.45, 2.75) is 19.8 Å². The van der Waals surface area contributed by atoms with Gasteiger partial charge in [0, 0.05) is 44.7 Å². The fraction of sp³-hybridized carbons (Fsp3) is 0.529. The Morgan fingerprint density at radius 1 is 1.12 bits per heavy atom. The molecular weight excluding hydrogens is 342 g/mol. The Morgan fingerprint density at radius 2 is 1.84 bits per heavy atom. The number of amides is 2. The maximum absolute atomic E-state index is 12.3. The Kier molecular flexibility index (Phi) is 6.55. The Bertz CT molecular complexity index is 733. The van der Waals surface area contributed by atoms with Crippen molar-refractivity contribution in [3.05, 3.63) is 35.4 Å². The lowest BCUT2D eigenvalue weighted by Gasteiger charge is -2.21. The number of sulfonamides is 1. The van der Waals surface area contributed by atoms with E-state index in [2.05, 4.69) is 5.32 Å². The molecule has 8 heteroatoms. The summed E-state index contributed by atoms with van der Waals surface area (Å²) in [5.74, 6) is -0.259. The van der Waals surface area contributed by atoms with Gasteiger partial charge >= 0.3 is 0 Å². The van der Waals surface area contributed by atoms with Crippen molar-refractivity contribution in [3.63, 3.8) is 0 Å². The summed E-state index contributed by atoms with van der Waals surface area (Å²) in [6.07, 6.45) is 2.01. The van der Waals surface area contributed by atoms with E-state index in [1.54, 1.807) is 17.0 Å². The largest absolute Gasteiger partial charge is 0.352 e. The van der Waals surface area contributed by atoms with E-state index >= 15 is 0 Å².